The molecular formula is C16H23N3O3S2. The van der Waals surface area contributed by atoms with Crippen molar-refractivity contribution in [2.75, 3.05) is 19.6 Å². The van der Waals surface area contributed by atoms with Crippen molar-refractivity contribution in [2.45, 2.75) is 31.6 Å². The average Bonchev–Trinajstić information content (AvgIpc) is 3.22. The molecule has 1 atom stereocenters. The van der Waals surface area contributed by atoms with E-state index in [1.54, 1.807) is 17.4 Å². The molecular weight excluding hydrogens is 346 g/mol. The summed E-state index contributed by atoms with van der Waals surface area (Å²) < 4.78 is 32.0. The topological polar surface area (TPSA) is 75.4 Å². The Morgan fingerprint density at radius 3 is 2.83 bits per heavy atom. The van der Waals surface area contributed by atoms with Gasteiger partial charge in [0.05, 0.1) is 11.7 Å². The first-order chi connectivity index (χ1) is 11.5. The number of nitrogens with zero attached hydrogens (tertiary/aromatic N) is 2. The van der Waals surface area contributed by atoms with Crippen molar-refractivity contribution in [1.82, 2.24) is 14.8 Å². The van der Waals surface area contributed by atoms with Gasteiger partial charge in [0.2, 0.25) is 10.0 Å². The van der Waals surface area contributed by atoms with Gasteiger partial charge in [-0.1, -0.05) is 18.1 Å². The van der Waals surface area contributed by atoms with Gasteiger partial charge < -0.3 is 4.52 Å². The first-order valence-corrected chi connectivity index (χ1v) is 10.7. The Kier molecular flexibility index (Phi) is 5.70. The standard InChI is InChI=1S/C16H23N3O3S2/c1-13-4-7-19(8-5-13)15(16-3-2-10-23-16)11-17-24(20,21)12-14-6-9-22-18-14/h2-3,6,9-10,13,15,17H,4-5,7-8,11-12H2,1H3. The molecule has 6 nitrogen and oxygen atoms in total. The lowest BCUT2D eigenvalue weighted by Crippen LogP contribution is -2.41. The highest BCUT2D eigenvalue weighted by Gasteiger charge is 2.26. The van der Waals surface area contributed by atoms with Gasteiger partial charge in [-0.05, 0) is 43.3 Å². The summed E-state index contributed by atoms with van der Waals surface area (Å²) in [5.41, 5.74) is 0.418. The predicted octanol–water partition coefficient (Wildman–Crippen LogP) is 2.63. The Bertz CT molecular complexity index is 706. The Morgan fingerprint density at radius 1 is 1.42 bits per heavy atom. The third-order valence-electron chi connectivity index (χ3n) is 4.46. The van der Waals surface area contributed by atoms with Crippen LogP contribution < -0.4 is 4.72 Å². The molecule has 2 aromatic heterocycles. The lowest BCUT2D eigenvalue weighted by Gasteiger charge is -2.36. The second-order valence-electron chi connectivity index (χ2n) is 6.35. The Labute approximate surface area is 146 Å². The number of piperidine rings is 1. The maximum absolute atomic E-state index is 12.3. The minimum atomic E-state index is -3.43. The molecule has 1 unspecified atom stereocenters. The van der Waals surface area contributed by atoms with Crippen molar-refractivity contribution in [3.8, 4) is 0 Å². The number of rotatable bonds is 7. The fourth-order valence-corrected chi connectivity index (χ4v) is 4.91. The van der Waals surface area contributed by atoms with Crippen LogP contribution >= 0.6 is 11.3 Å². The minimum absolute atomic E-state index is 0.0876. The number of aromatic nitrogens is 1. The van der Waals surface area contributed by atoms with E-state index in [0.717, 1.165) is 31.8 Å². The van der Waals surface area contributed by atoms with Gasteiger partial charge in [0.1, 0.15) is 12.0 Å². The number of likely N-dealkylation sites (tertiary alicyclic amines) is 1. The Balaban J connectivity index is 1.66. The van der Waals surface area contributed by atoms with E-state index in [-0.39, 0.29) is 11.8 Å². The van der Waals surface area contributed by atoms with Crippen molar-refractivity contribution in [3.05, 3.63) is 40.4 Å². The van der Waals surface area contributed by atoms with E-state index in [9.17, 15) is 8.42 Å². The van der Waals surface area contributed by atoms with Gasteiger partial charge in [-0.15, -0.1) is 11.3 Å². The molecule has 0 aliphatic carbocycles. The van der Waals surface area contributed by atoms with Crippen LogP contribution in [0.5, 0.6) is 0 Å². The molecule has 1 aliphatic rings. The van der Waals surface area contributed by atoms with E-state index in [0.29, 0.717) is 12.2 Å². The zero-order valence-corrected chi connectivity index (χ0v) is 15.4. The van der Waals surface area contributed by atoms with Gasteiger partial charge in [0, 0.05) is 17.5 Å². The van der Waals surface area contributed by atoms with Gasteiger partial charge in [-0.2, -0.15) is 0 Å². The fourth-order valence-electron chi connectivity index (χ4n) is 2.99. The molecule has 3 rings (SSSR count). The van der Waals surface area contributed by atoms with Crippen LogP contribution in [0.15, 0.2) is 34.4 Å². The molecule has 1 N–H and O–H groups in total. The maximum atomic E-state index is 12.3. The minimum Gasteiger partial charge on any atom is -0.364 e. The molecule has 132 valence electrons. The molecule has 8 heteroatoms. The summed E-state index contributed by atoms with van der Waals surface area (Å²) in [7, 11) is -3.43. The normalized spacial score (nSPS) is 18.7. The molecule has 0 bridgehead atoms. The smallest absolute Gasteiger partial charge is 0.217 e. The van der Waals surface area contributed by atoms with Crippen LogP contribution in [0.1, 0.15) is 36.4 Å². The van der Waals surface area contributed by atoms with Gasteiger partial charge >= 0.3 is 0 Å². The lowest BCUT2D eigenvalue weighted by atomic mass is 9.97. The Morgan fingerprint density at radius 2 is 2.21 bits per heavy atom. The third-order valence-corrected chi connectivity index (χ3v) is 6.71. The summed E-state index contributed by atoms with van der Waals surface area (Å²) >= 11 is 1.68. The SMILES string of the molecule is CC1CCN(C(CNS(=O)(=O)Cc2ccon2)c2cccs2)CC1. The largest absolute Gasteiger partial charge is 0.364 e. The van der Waals surface area contributed by atoms with Crippen molar-refractivity contribution in [1.29, 1.82) is 0 Å². The molecule has 0 aromatic carbocycles. The second kappa shape index (κ2) is 7.77. The van der Waals surface area contributed by atoms with Crippen LogP contribution in [0.3, 0.4) is 0 Å². The van der Waals surface area contributed by atoms with Crippen molar-refractivity contribution < 1.29 is 12.9 Å². The summed E-state index contributed by atoms with van der Waals surface area (Å²) in [6, 6.07) is 5.76. The molecule has 0 spiro atoms. The van der Waals surface area contributed by atoms with E-state index < -0.39 is 10.0 Å². The number of nitrogens with one attached hydrogen (secondary N) is 1. The average molecular weight is 370 g/mol. The number of hydrogen-bond donors (Lipinski definition) is 1. The van der Waals surface area contributed by atoms with Crippen LogP contribution in [0.25, 0.3) is 0 Å². The molecule has 3 heterocycles. The molecule has 24 heavy (non-hydrogen) atoms. The quantitative estimate of drug-likeness (QED) is 0.812. The van der Waals surface area contributed by atoms with E-state index >= 15 is 0 Å². The second-order valence-corrected chi connectivity index (χ2v) is 9.13. The summed E-state index contributed by atoms with van der Waals surface area (Å²) in [5.74, 6) is 0.589. The Hall–Kier alpha value is -1.22. The third kappa shape index (κ3) is 4.66. The molecule has 0 radical (unpaired) electrons. The van der Waals surface area contributed by atoms with E-state index in [1.165, 1.54) is 11.1 Å². The summed E-state index contributed by atoms with van der Waals surface area (Å²) in [5, 5.41) is 5.71. The zero-order valence-electron chi connectivity index (χ0n) is 13.7. The van der Waals surface area contributed by atoms with Gasteiger partial charge in [-0.25, -0.2) is 13.1 Å². The van der Waals surface area contributed by atoms with Crippen molar-refractivity contribution in [2.24, 2.45) is 5.92 Å². The van der Waals surface area contributed by atoms with E-state index in [4.69, 9.17) is 4.52 Å². The summed E-state index contributed by atoms with van der Waals surface area (Å²) in [4.78, 5) is 3.60. The highest BCUT2D eigenvalue weighted by molar-refractivity contribution is 7.88. The van der Waals surface area contributed by atoms with Crippen molar-refractivity contribution >= 4 is 21.4 Å². The first-order valence-electron chi connectivity index (χ1n) is 8.17. The van der Waals surface area contributed by atoms with Gasteiger partial charge in [0.25, 0.3) is 0 Å². The van der Waals surface area contributed by atoms with Gasteiger partial charge in [0.15, 0.2) is 0 Å². The highest BCUT2D eigenvalue weighted by Crippen LogP contribution is 2.29. The molecule has 1 aliphatic heterocycles. The molecule has 1 fully saturated rings. The van der Waals surface area contributed by atoms with Crippen molar-refractivity contribution in [3.63, 3.8) is 0 Å². The number of hydrogen-bond acceptors (Lipinski definition) is 6. The van der Waals surface area contributed by atoms with Crippen LogP contribution in [-0.4, -0.2) is 38.1 Å². The molecule has 1 saturated heterocycles. The predicted molar refractivity (Wildman–Crippen MR) is 94.2 cm³/mol. The van der Waals surface area contributed by atoms with E-state index in [1.807, 2.05) is 11.4 Å². The van der Waals surface area contributed by atoms with Crippen LogP contribution in [0, 0.1) is 5.92 Å². The highest BCUT2D eigenvalue weighted by atomic mass is 32.2. The van der Waals surface area contributed by atoms with Gasteiger partial charge in [-0.3, -0.25) is 4.90 Å². The van der Waals surface area contributed by atoms with Crippen LogP contribution in [-0.2, 0) is 15.8 Å². The maximum Gasteiger partial charge on any atom is 0.217 e. The van der Waals surface area contributed by atoms with E-state index in [2.05, 4.69) is 27.8 Å². The van der Waals surface area contributed by atoms with Crippen LogP contribution in [0.4, 0.5) is 0 Å². The summed E-state index contributed by atoms with van der Waals surface area (Å²) in [6.45, 7) is 4.68. The van der Waals surface area contributed by atoms with Crippen LogP contribution in [0.2, 0.25) is 0 Å². The molecule has 0 saturated carbocycles. The monoisotopic (exact) mass is 369 g/mol. The fraction of sp³-hybridized carbons (Fsp3) is 0.562. The number of thiophene rings is 1. The molecule has 2 aromatic rings. The number of sulfonamides is 1. The zero-order chi connectivity index (χ0) is 17.0. The first kappa shape index (κ1) is 17.6. The summed E-state index contributed by atoms with van der Waals surface area (Å²) in [6.07, 6.45) is 3.70. The molecule has 0 amide bonds. The lowest BCUT2D eigenvalue weighted by molar-refractivity contribution is 0.141.